The Hall–Kier alpha value is -2.21. The Kier molecular flexibility index (Phi) is 3.47. The molecule has 21 heavy (non-hydrogen) atoms. The summed E-state index contributed by atoms with van der Waals surface area (Å²) in [6, 6.07) is 8.64. The smallest absolute Gasteiger partial charge is 0.132 e. The second-order valence-electron chi connectivity index (χ2n) is 6.05. The fourth-order valence-corrected chi connectivity index (χ4v) is 2.72. The molecule has 0 spiro atoms. The molecular formula is C18H21N3. The van der Waals surface area contributed by atoms with Crippen LogP contribution in [0, 0.1) is 12.3 Å². The summed E-state index contributed by atoms with van der Waals surface area (Å²) in [5, 5.41) is 0. The van der Waals surface area contributed by atoms with E-state index in [0.29, 0.717) is 18.3 Å². The minimum Gasteiger partial charge on any atom is -0.383 e. The van der Waals surface area contributed by atoms with Crippen LogP contribution in [-0.2, 0) is 6.54 Å². The van der Waals surface area contributed by atoms with Crippen molar-refractivity contribution in [2.24, 2.45) is 0 Å². The Morgan fingerprint density at radius 3 is 2.52 bits per heavy atom. The molecule has 0 aliphatic heterocycles. The van der Waals surface area contributed by atoms with Crippen molar-refractivity contribution in [2.75, 3.05) is 5.73 Å². The van der Waals surface area contributed by atoms with Gasteiger partial charge in [0.2, 0.25) is 0 Å². The molecule has 3 nitrogen and oxygen atoms in total. The summed E-state index contributed by atoms with van der Waals surface area (Å²) in [6.07, 6.45) is 8.08. The fraction of sp³-hybridized carbons (Fsp3) is 0.389. The molecular weight excluding hydrogens is 258 g/mol. The second kappa shape index (κ2) is 5.29. The first-order valence-corrected chi connectivity index (χ1v) is 7.51. The number of terminal acetylenes is 1. The van der Waals surface area contributed by atoms with E-state index >= 15 is 0 Å². The first-order valence-electron chi connectivity index (χ1n) is 7.51. The molecule has 2 N–H and O–H groups in total. The van der Waals surface area contributed by atoms with Gasteiger partial charge in [-0.25, -0.2) is 4.98 Å². The summed E-state index contributed by atoms with van der Waals surface area (Å²) >= 11 is 0. The van der Waals surface area contributed by atoms with Crippen molar-refractivity contribution >= 4 is 5.82 Å². The summed E-state index contributed by atoms with van der Waals surface area (Å²) in [4.78, 5) is 4.73. The van der Waals surface area contributed by atoms with Gasteiger partial charge in [-0.05, 0) is 24.3 Å². The number of anilines is 1. The lowest BCUT2D eigenvalue weighted by Crippen LogP contribution is -2.07. The number of benzene rings is 1. The van der Waals surface area contributed by atoms with Crippen LogP contribution < -0.4 is 5.73 Å². The first-order chi connectivity index (χ1) is 10.1. The van der Waals surface area contributed by atoms with E-state index in [1.54, 1.807) is 0 Å². The van der Waals surface area contributed by atoms with Crippen LogP contribution in [0.15, 0.2) is 24.3 Å². The van der Waals surface area contributed by atoms with Crippen molar-refractivity contribution < 1.29 is 0 Å². The van der Waals surface area contributed by atoms with Gasteiger partial charge in [-0.1, -0.05) is 44.0 Å². The van der Waals surface area contributed by atoms with E-state index in [1.165, 1.54) is 18.4 Å². The third kappa shape index (κ3) is 2.54. The van der Waals surface area contributed by atoms with E-state index in [-0.39, 0.29) is 0 Å². The highest BCUT2D eigenvalue weighted by Gasteiger charge is 2.23. The van der Waals surface area contributed by atoms with Crippen LogP contribution in [0.1, 0.15) is 49.9 Å². The van der Waals surface area contributed by atoms with Crippen molar-refractivity contribution in [3.8, 4) is 23.6 Å². The van der Waals surface area contributed by atoms with Gasteiger partial charge in [0.1, 0.15) is 17.3 Å². The molecule has 1 aliphatic carbocycles. The molecule has 108 valence electrons. The normalized spacial score (nSPS) is 14.4. The van der Waals surface area contributed by atoms with Gasteiger partial charge < -0.3 is 10.3 Å². The topological polar surface area (TPSA) is 43.8 Å². The van der Waals surface area contributed by atoms with Crippen molar-refractivity contribution in [3.05, 3.63) is 35.7 Å². The quantitative estimate of drug-likeness (QED) is 0.866. The molecule has 0 atom stereocenters. The van der Waals surface area contributed by atoms with Crippen molar-refractivity contribution in [1.29, 1.82) is 0 Å². The van der Waals surface area contributed by atoms with Gasteiger partial charge in [0.15, 0.2) is 0 Å². The number of rotatable bonds is 4. The van der Waals surface area contributed by atoms with Gasteiger partial charge >= 0.3 is 0 Å². The largest absolute Gasteiger partial charge is 0.383 e. The molecule has 3 heteroatoms. The fourth-order valence-electron chi connectivity index (χ4n) is 2.72. The van der Waals surface area contributed by atoms with E-state index in [4.69, 9.17) is 17.1 Å². The predicted octanol–water partition coefficient (Wildman–Crippen LogP) is 3.77. The van der Waals surface area contributed by atoms with E-state index in [0.717, 1.165) is 23.0 Å². The third-order valence-electron chi connectivity index (χ3n) is 4.03. The van der Waals surface area contributed by atoms with E-state index in [1.807, 2.05) is 4.57 Å². The maximum Gasteiger partial charge on any atom is 0.132 e. The molecule has 0 radical (unpaired) electrons. The lowest BCUT2D eigenvalue weighted by atomic mass is 10.1. The summed E-state index contributed by atoms with van der Waals surface area (Å²) in [6.45, 7) is 4.68. The molecule has 0 bridgehead atoms. The molecule has 0 amide bonds. The molecule has 2 aromatic rings. The first kappa shape index (κ1) is 13.8. The van der Waals surface area contributed by atoms with Crippen LogP contribution >= 0.6 is 0 Å². The minimum absolute atomic E-state index is 0.292. The number of hydrogen-bond acceptors (Lipinski definition) is 2. The van der Waals surface area contributed by atoms with Crippen molar-refractivity contribution in [2.45, 2.75) is 45.1 Å². The molecule has 0 saturated heterocycles. The van der Waals surface area contributed by atoms with Gasteiger partial charge in [0.05, 0.1) is 6.54 Å². The van der Waals surface area contributed by atoms with Crippen LogP contribution in [0.25, 0.3) is 11.3 Å². The van der Waals surface area contributed by atoms with E-state index < -0.39 is 0 Å². The lowest BCUT2D eigenvalue weighted by Gasteiger charge is -2.08. The number of hydrogen-bond donors (Lipinski definition) is 1. The SMILES string of the molecule is C#CCn1c(C(C)C)nc(-c2ccc(C3CC3)cc2)c1N. The highest BCUT2D eigenvalue weighted by atomic mass is 15.1. The zero-order chi connectivity index (χ0) is 15.0. The average molecular weight is 279 g/mol. The van der Waals surface area contributed by atoms with Crippen LogP contribution in [0.4, 0.5) is 5.82 Å². The van der Waals surface area contributed by atoms with Crippen LogP contribution in [0.3, 0.4) is 0 Å². The van der Waals surface area contributed by atoms with Gasteiger partial charge in [-0.3, -0.25) is 0 Å². The number of aromatic nitrogens is 2. The number of nitrogens with two attached hydrogens (primary N) is 1. The highest BCUT2D eigenvalue weighted by Crippen LogP contribution is 2.40. The Bertz CT molecular complexity index is 682. The van der Waals surface area contributed by atoms with Gasteiger partial charge in [0, 0.05) is 11.5 Å². The Balaban J connectivity index is 2.01. The molecule has 1 aliphatic rings. The maximum absolute atomic E-state index is 6.28. The Morgan fingerprint density at radius 2 is 2.00 bits per heavy atom. The minimum atomic E-state index is 0.292. The van der Waals surface area contributed by atoms with Crippen LogP contribution in [0.5, 0.6) is 0 Å². The van der Waals surface area contributed by atoms with E-state index in [2.05, 4.69) is 44.0 Å². The Morgan fingerprint density at radius 1 is 1.33 bits per heavy atom. The van der Waals surface area contributed by atoms with Gasteiger partial charge in [-0.2, -0.15) is 0 Å². The molecule has 0 unspecified atom stereocenters. The van der Waals surface area contributed by atoms with Crippen molar-refractivity contribution in [1.82, 2.24) is 9.55 Å². The van der Waals surface area contributed by atoms with E-state index in [9.17, 15) is 0 Å². The number of imidazole rings is 1. The monoisotopic (exact) mass is 279 g/mol. The Labute approximate surface area is 126 Å². The number of nitrogen functional groups attached to an aromatic ring is 1. The standard InChI is InChI=1S/C18H21N3/c1-4-11-21-17(19)16(20-18(21)12(2)3)15-9-7-14(8-10-15)13-5-6-13/h1,7-10,12-13H,5-6,11,19H2,2-3H3. The second-order valence-corrected chi connectivity index (χ2v) is 6.05. The summed E-state index contributed by atoms with van der Waals surface area (Å²) in [5.74, 6) is 5.33. The van der Waals surface area contributed by atoms with Crippen molar-refractivity contribution in [3.63, 3.8) is 0 Å². The molecule has 1 aromatic carbocycles. The van der Waals surface area contributed by atoms with Gasteiger partial charge in [0.25, 0.3) is 0 Å². The third-order valence-corrected chi connectivity index (χ3v) is 4.03. The average Bonchev–Trinajstić information content (AvgIpc) is 3.26. The maximum atomic E-state index is 6.28. The predicted molar refractivity (Wildman–Crippen MR) is 87.0 cm³/mol. The summed E-state index contributed by atoms with van der Waals surface area (Å²) in [7, 11) is 0. The molecule has 1 aromatic heterocycles. The summed E-state index contributed by atoms with van der Waals surface area (Å²) in [5.41, 5.74) is 9.60. The molecule has 3 rings (SSSR count). The van der Waals surface area contributed by atoms with Crippen LogP contribution in [0.2, 0.25) is 0 Å². The summed E-state index contributed by atoms with van der Waals surface area (Å²) < 4.78 is 1.94. The highest BCUT2D eigenvalue weighted by molar-refractivity contribution is 5.71. The zero-order valence-corrected chi connectivity index (χ0v) is 12.6. The molecule has 1 heterocycles. The lowest BCUT2D eigenvalue weighted by molar-refractivity contribution is 0.691. The zero-order valence-electron chi connectivity index (χ0n) is 12.6. The van der Waals surface area contributed by atoms with Crippen LogP contribution in [-0.4, -0.2) is 9.55 Å². The number of nitrogens with zero attached hydrogens (tertiary/aromatic N) is 2. The molecule has 1 fully saturated rings. The van der Waals surface area contributed by atoms with Gasteiger partial charge in [-0.15, -0.1) is 6.42 Å². The molecule has 1 saturated carbocycles.